The van der Waals surface area contributed by atoms with Gasteiger partial charge in [-0.2, -0.15) is 0 Å². The van der Waals surface area contributed by atoms with Crippen molar-refractivity contribution in [2.45, 2.75) is 6.92 Å². The van der Waals surface area contributed by atoms with Gasteiger partial charge in [-0.3, -0.25) is 0 Å². The van der Waals surface area contributed by atoms with Crippen molar-refractivity contribution in [3.63, 3.8) is 0 Å². The molecule has 0 heterocycles. The highest BCUT2D eigenvalue weighted by atomic mass is 127. The van der Waals surface area contributed by atoms with Crippen molar-refractivity contribution in [3.8, 4) is 0 Å². The van der Waals surface area contributed by atoms with E-state index in [0.29, 0.717) is 8.96 Å². The predicted molar refractivity (Wildman–Crippen MR) is 109 cm³/mol. The second-order valence-electron chi connectivity index (χ2n) is 5.61. The Bertz CT molecular complexity index is 1070. The Morgan fingerprint density at radius 2 is 1.36 bits per heavy atom. The first-order valence-corrected chi connectivity index (χ1v) is 9.10. The van der Waals surface area contributed by atoms with Gasteiger partial charge in [-0.1, -0.05) is 23.8 Å². The van der Waals surface area contributed by atoms with Gasteiger partial charge in [0.15, 0.2) is 0 Å². The summed E-state index contributed by atoms with van der Waals surface area (Å²) >= 11 is 4.27. The largest absolute Gasteiger partial charge is 0.205 e. The van der Waals surface area contributed by atoms with E-state index in [4.69, 9.17) is 0 Å². The zero-order chi connectivity index (χ0) is 15.4. The normalized spacial score (nSPS) is 11.6. The van der Waals surface area contributed by atoms with E-state index in [0.717, 1.165) is 19.7 Å². The summed E-state index contributed by atoms with van der Waals surface area (Å²) in [5.41, 5.74) is 1.24. The molecule has 0 N–H and O–H groups in total. The number of halogens is 3. The minimum Gasteiger partial charge on any atom is -0.205 e. The molecule has 0 nitrogen and oxygen atoms in total. The highest BCUT2D eigenvalue weighted by Gasteiger charge is 2.11. The Labute approximate surface area is 155 Å². The first-order valence-electron chi connectivity index (χ1n) is 6.94. The maximum atomic E-state index is 14.6. The van der Waals surface area contributed by atoms with Gasteiger partial charge in [0.05, 0.1) is 3.57 Å². The zero-order valence-electron chi connectivity index (χ0n) is 11.8. The molecular formula is C19H11FI2. The molecule has 0 spiro atoms. The van der Waals surface area contributed by atoms with Gasteiger partial charge in [0.25, 0.3) is 0 Å². The smallest absolute Gasteiger partial charge is 0.145 e. The maximum absolute atomic E-state index is 14.6. The van der Waals surface area contributed by atoms with Crippen molar-refractivity contribution in [3.05, 3.63) is 67.1 Å². The molecule has 4 rings (SSSR count). The molecule has 0 unspecified atom stereocenters. The third-order valence-corrected chi connectivity index (χ3v) is 6.98. The number of hydrogen-bond donors (Lipinski definition) is 0. The molecule has 0 aromatic heterocycles. The minimum atomic E-state index is -0.117. The first-order chi connectivity index (χ1) is 10.5. The fourth-order valence-corrected chi connectivity index (χ4v) is 3.94. The monoisotopic (exact) mass is 512 g/mol. The Morgan fingerprint density at radius 3 is 2.18 bits per heavy atom. The van der Waals surface area contributed by atoms with E-state index in [-0.39, 0.29) is 5.82 Å². The van der Waals surface area contributed by atoms with E-state index in [1.54, 1.807) is 0 Å². The van der Waals surface area contributed by atoms with Crippen LogP contribution in [0.1, 0.15) is 5.56 Å². The summed E-state index contributed by atoms with van der Waals surface area (Å²) in [5, 5.41) is 6.32. The first kappa shape index (κ1) is 14.6. The van der Waals surface area contributed by atoms with Crippen LogP contribution in [0.4, 0.5) is 4.39 Å². The molecule has 0 atom stereocenters. The van der Waals surface area contributed by atoms with Gasteiger partial charge in [-0.15, -0.1) is 0 Å². The summed E-state index contributed by atoms with van der Waals surface area (Å²) in [4.78, 5) is 0. The SMILES string of the molecule is Cc1ccc2cc3cc4cc(I)c(I)c(F)c4cc3cc2c1. The summed E-state index contributed by atoms with van der Waals surface area (Å²) < 4.78 is 16.2. The van der Waals surface area contributed by atoms with Crippen molar-refractivity contribution in [2.24, 2.45) is 0 Å². The van der Waals surface area contributed by atoms with Crippen molar-refractivity contribution >= 4 is 77.5 Å². The number of benzene rings is 4. The van der Waals surface area contributed by atoms with E-state index in [2.05, 4.69) is 94.6 Å². The van der Waals surface area contributed by atoms with E-state index in [9.17, 15) is 4.39 Å². The molecule has 0 bridgehead atoms. The third kappa shape index (κ3) is 2.29. The Kier molecular flexibility index (Phi) is 3.52. The van der Waals surface area contributed by atoms with Crippen LogP contribution in [0.15, 0.2) is 48.5 Å². The van der Waals surface area contributed by atoms with E-state index >= 15 is 0 Å². The van der Waals surface area contributed by atoms with Crippen LogP contribution in [0.5, 0.6) is 0 Å². The van der Waals surface area contributed by atoms with Crippen LogP contribution < -0.4 is 0 Å². The number of rotatable bonds is 0. The van der Waals surface area contributed by atoms with E-state index < -0.39 is 0 Å². The van der Waals surface area contributed by atoms with Crippen LogP contribution in [-0.2, 0) is 0 Å². The van der Waals surface area contributed by atoms with Gasteiger partial charge in [0, 0.05) is 8.96 Å². The predicted octanol–water partition coefficient (Wildman–Crippen LogP) is 6.80. The third-order valence-electron chi connectivity index (χ3n) is 4.04. The summed E-state index contributed by atoms with van der Waals surface area (Å²) in [6.07, 6.45) is 0. The molecule has 4 aromatic rings. The fraction of sp³-hybridized carbons (Fsp3) is 0.0526. The topological polar surface area (TPSA) is 0 Å². The van der Waals surface area contributed by atoms with Gasteiger partial charge in [0.2, 0.25) is 0 Å². The zero-order valence-corrected chi connectivity index (χ0v) is 16.1. The van der Waals surface area contributed by atoms with Crippen LogP contribution in [0.2, 0.25) is 0 Å². The Morgan fingerprint density at radius 1 is 0.727 bits per heavy atom. The molecule has 3 heteroatoms. The lowest BCUT2D eigenvalue weighted by molar-refractivity contribution is 0.631. The molecule has 22 heavy (non-hydrogen) atoms. The van der Waals surface area contributed by atoms with Gasteiger partial charge >= 0.3 is 0 Å². The Balaban J connectivity index is 2.15. The average molecular weight is 512 g/mol. The second kappa shape index (κ2) is 5.30. The molecule has 0 aliphatic heterocycles. The number of hydrogen-bond acceptors (Lipinski definition) is 0. The molecule has 0 saturated carbocycles. The molecule has 0 amide bonds. The van der Waals surface area contributed by atoms with Gasteiger partial charge in [-0.25, -0.2) is 4.39 Å². The highest BCUT2D eigenvalue weighted by molar-refractivity contribution is 14.1. The van der Waals surface area contributed by atoms with Crippen LogP contribution in [0.25, 0.3) is 32.3 Å². The van der Waals surface area contributed by atoms with Crippen LogP contribution in [0, 0.1) is 19.9 Å². The number of aryl methyl sites for hydroxylation is 1. The quantitative estimate of drug-likeness (QED) is 0.138. The molecular weight excluding hydrogens is 501 g/mol. The summed E-state index contributed by atoms with van der Waals surface area (Å²) in [6.45, 7) is 2.09. The molecule has 108 valence electrons. The summed E-state index contributed by atoms with van der Waals surface area (Å²) in [6, 6.07) is 16.9. The van der Waals surface area contributed by atoms with Gasteiger partial charge in [0.1, 0.15) is 5.82 Å². The summed E-state index contributed by atoms with van der Waals surface area (Å²) in [7, 11) is 0. The van der Waals surface area contributed by atoms with E-state index in [1.807, 2.05) is 6.07 Å². The van der Waals surface area contributed by atoms with Crippen molar-refractivity contribution in [1.82, 2.24) is 0 Å². The van der Waals surface area contributed by atoms with Crippen molar-refractivity contribution in [1.29, 1.82) is 0 Å². The minimum absolute atomic E-state index is 0.117. The van der Waals surface area contributed by atoms with Crippen LogP contribution >= 0.6 is 45.2 Å². The maximum Gasteiger partial charge on any atom is 0.145 e. The van der Waals surface area contributed by atoms with Crippen LogP contribution in [-0.4, -0.2) is 0 Å². The van der Waals surface area contributed by atoms with Gasteiger partial charge in [-0.05, 0) is 109 Å². The van der Waals surface area contributed by atoms with Crippen LogP contribution in [0.3, 0.4) is 0 Å². The summed E-state index contributed by atoms with van der Waals surface area (Å²) in [5.74, 6) is -0.117. The second-order valence-corrected chi connectivity index (χ2v) is 7.85. The highest BCUT2D eigenvalue weighted by Crippen LogP contribution is 2.32. The van der Waals surface area contributed by atoms with Gasteiger partial charge < -0.3 is 0 Å². The molecule has 0 radical (unpaired) electrons. The molecule has 4 aromatic carbocycles. The fourth-order valence-electron chi connectivity index (χ4n) is 2.92. The average Bonchev–Trinajstić information content (AvgIpc) is 2.49. The lowest BCUT2D eigenvalue weighted by Crippen LogP contribution is -1.90. The standard InChI is InChI=1S/C19H11FI2/c1-10-2-3-11-5-13-7-15-9-17(21)19(22)18(20)16(15)8-14(13)6-12(11)4-10/h2-9H,1H3. The van der Waals surface area contributed by atoms with Crippen molar-refractivity contribution in [2.75, 3.05) is 0 Å². The molecule has 0 fully saturated rings. The lowest BCUT2D eigenvalue weighted by atomic mass is 9.99. The molecule has 0 aliphatic carbocycles. The van der Waals surface area contributed by atoms with E-state index in [1.165, 1.54) is 16.3 Å². The lowest BCUT2D eigenvalue weighted by Gasteiger charge is -2.08. The molecule has 0 saturated heterocycles. The Hall–Kier alpha value is -0.950. The van der Waals surface area contributed by atoms with Crippen molar-refractivity contribution < 1.29 is 4.39 Å². The molecule has 0 aliphatic rings. The number of fused-ring (bicyclic) bond motifs is 3.